The first-order chi connectivity index (χ1) is 13.1. The fourth-order valence-electron chi connectivity index (χ4n) is 2.42. The molecule has 0 aliphatic rings. The summed E-state index contributed by atoms with van der Waals surface area (Å²) in [5, 5.41) is 7.78. The Kier molecular flexibility index (Phi) is 6.45. The molecule has 0 aliphatic carbocycles. The van der Waals surface area contributed by atoms with Gasteiger partial charge in [-0.3, -0.25) is 0 Å². The van der Waals surface area contributed by atoms with Crippen LogP contribution in [0.25, 0.3) is 10.4 Å². The Bertz CT molecular complexity index is 958. The quantitative estimate of drug-likeness (QED) is 0.391. The molecular weight excluding hydrogens is 400 g/mol. The number of thiophene rings is 1. The van der Waals surface area contributed by atoms with Crippen molar-refractivity contribution in [3.8, 4) is 10.4 Å². The molecule has 0 amide bonds. The van der Waals surface area contributed by atoms with E-state index in [9.17, 15) is 4.79 Å². The highest BCUT2D eigenvalue weighted by atomic mass is 35.5. The molecule has 7 heteroatoms. The Morgan fingerprint density at radius 3 is 2.59 bits per heavy atom. The van der Waals surface area contributed by atoms with Gasteiger partial charge >= 0.3 is 5.97 Å². The lowest BCUT2D eigenvalue weighted by atomic mass is 10.1. The Morgan fingerprint density at radius 2 is 1.89 bits per heavy atom. The summed E-state index contributed by atoms with van der Waals surface area (Å²) in [4.78, 5) is 13.3. The fourth-order valence-corrected chi connectivity index (χ4v) is 3.95. The van der Waals surface area contributed by atoms with Crippen LogP contribution in [-0.4, -0.2) is 17.7 Å². The van der Waals surface area contributed by atoms with Gasteiger partial charge in [0.15, 0.2) is 5.11 Å². The van der Waals surface area contributed by atoms with E-state index in [4.69, 9.17) is 28.6 Å². The molecule has 27 heavy (non-hydrogen) atoms. The van der Waals surface area contributed by atoms with Crippen molar-refractivity contribution in [3.05, 3.63) is 71.2 Å². The van der Waals surface area contributed by atoms with Gasteiger partial charge < -0.3 is 15.4 Å². The third-order valence-corrected chi connectivity index (χ3v) is 5.13. The zero-order valence-electron chi connectivity index (χ0n) is 14.5. The van der Waals surface area contributed by atoms with Crippen molar-refractivity contribution >= 4 is 56.9 Å². The van der Waals surface area contributed by atoms with Gasteiger partial charge in [0.1, 0.15) is 5.00 Å². The molecule has 0 unspecified atom stereocenters. The number of ether oxygens (including phenoxy) is 1. The van der Waals surface area contributed by atoms with Gasteiger partial charge in [0.25, 0.3) is 0 Å². The van der Waals surface area contributed by atoms with Crippen molar-refractivity contribution in [1.29, 1.82) is 0 Å². The molecule has 0 atom stereocenters. The summed E-state index contributed by atoms with van der Waals surface area (Å²) in [6.07, 6.45) is 0. The smallest absolute Gasteiger partial charge is 0.341 e. The highest BCUT2D eigenvalue weighted by molar-refractivity contribution is 7.80. The maximum absolute atomic E-state index is 12.4. The highest BCUT2D eigenvalue weighted by Crippen LogP contribution is 2.36. The topological polar surface area (TPSA) is 50.4 Å². The predicted molar refractivity (Wildman–Crippen MR) is 117 cm³/mol. The van der Waals surface area contributed by atoms with E-state index in [1.807, 2.05) is 48.5 Å². The van der Waals surface area contributed by atoms with Gasteiger partial charge in [-0.2, -0.15) is 0 Å². The van der Waals surface area contributed by atoms with Gasteiger partial charge in [0.05, 0.1) is 12.2 Å². The summed E-state index contributed by atoms with van der Waals surface area (Å²) in [6, 6.07) is 18.9. The minimum atomic E-state index is -0.385. The molecule has 1 aromatic heterocycles. The van der Waals surface area contributed by atoms with Crippen LogP contribution in [0.15, 0.2) is 60.7 Å². The average molecular weight is 417 g/mol. The molecule has 0 aliphatic heterocycles. The van der Waals surface area contributed by atoms with Gasteiger partial charge in [-0.1, -0.05) is 48.0 Å². The van der Waals surface area contributed by atoms with Crippen molar-refractivity contribution in [2.24, 2.45) is 0 Å². The fraction of sp³-hybridized carbons (Fsp3) is 0.100. The molecule has 0 saturated heterocycles. The number of halogens is 1. The molecule has 4 nitrogen and oxygen atoms in total. The van der Waals surface area contributed by atoms with Crippen LogP contribution in [0, 0.1) is 0 Å². The van der Waals surface area contributed by atoms with Crippen molar-refractivity contribution < 1.29 is 9.53 Å². The van der Waals surface area contributed by atoms with Crippen LogP contribution in [0.1, 0.15) is 17.3 Å². The number of carbonyl (C=O) groups is 1. The first-order valence-electron chi connectivity index (χ1n) is 8.26. The molecule has 0 saturated carbocycles. The number of anilines is 2. The molecule has 2 aromatic carbocycles. The third kappa shape index (κ3) is 5.07. The normalized spacial score (nSPS) is 10.3. The van der Waals surface area contributed by atoms with Gasteiger partial charge in [-0.05, 0) is 49.0 Å². The van der Waals surface area contributed by atoms with E-state index >= 15 is 0 Å². The lowest BCUT2D eigenvalue weighted by Gasteiger charge is -2.10. The number of hydrogen-bond acceptors (Lipinski definition) is 4. The zero-order chi connectivity index (χ0) is 19.2. The lowest BCUT2D eigenvalue weighted by molar-refractivity contribution is 0.0528. The number of carbonyl (C=O) groups excluding carboxylic acids is 1. The maximum Gasteiger partial charge on any atom is 0.341 e. The van der Waals surface area contributed by atoms with Crippen molar-refractivity contribution in [2.45, 2.75) is 6.92 Å². The van der Waals surface area contributed by atoms with E-state index < -0.39 is 0 Å². The molecular formula is C20H17ClN2O2S2. The van der Waals surface area contributed by atoms with Crippen LogP contribution >= 0.6 is 35.2 Å². The molecule has 138 valence electrons. The minimum Gasteiger partial charge on any atom is -0.462 e. The summed E-state index contributed by atoms with van der Waals surface area (Å²) in [5.74, 6) is -0.385. The molecule has 2 N–H and O–H groups in total. The third-order valence-electron chi connectivity index (χ3n) is 3.60. The number of esters is 1. The van der Waals surface area contributed by atoms with Crippen molar-refractivity contribution in [2.75, 3.05) is 17.2 Å². The number of benzene rings is 2. The van der Waals surface area contributed by atoms with Gasteiger partial charge in [-0.25, -0.2) is 4.79 Å². The van der Waals surface area contributed by atoms with Crippen LogP contribution in [0.2, 0.25) is 5.02 Å². The number of hydrogen-bond donors (Lipinski definition) is 2. The van der Waals surface area contributed by atoms with E-state index in [2.05, 4.69) is 10.6 Å². The SMILES string of the molecule is CCOC(=O)c1cc(-c2ccccc2)sc1NC(=S)Nc1cccc(Cl)c1. The van der Waals surface area contributed by atoms with E-state index in [-0.39, 0.29) is 5.97 Å². The Hall–Kier alpha value is -2.41. The second-order valence-corrected chi connectivity index (χ2v) is 7.43. The van der Waals surface area contributed by atoms with Crippen LogP contribution in [-0.2, 0) is 4.74 Å². The van der Waals surface area contributed by atoms with E-state index in [1.165, 1.54) is 11.3 Å². The van der Waals surface area contributed by atoms with Crippen molar-refractivity contribution in [1.82, 2.24) is 0 Å². The summed E-state index contributed by atoms with van der Waals surface area (Å²) >= 11 is 12.8. The van der Waals surface area contributed by atoms with Crippen LogP contribution in [0.5, 0.6) is 0 Å². The molecule has 0 spiro atoms. The van der Waals surface area contributed by atoms with E-state index in [0.717, 1.165) is 16.1 Å². The maximum atomic E-state index is 12.4. The summed E-state index contributed by atoms with van der Waals surface area (Å²) in [7, 11) is 0. The van der Waals surface area contributed by atoms with Gasteiger partial charge in [0, 0.05) is 15.6 Å². The summed E-state index contributed by atoms with van der Waals surface area (Å²) in [6.45, 7) is 2.08. The first-order valence-corrected chi connectivity index (χ1v) is 9.87. The molecule has 0 fully saturated rings. The molecule has 3 aromatic rings. The number of rotatable bonds is 5. The molecule has 0 radical (unpaired) electrons. The second kappa shape index (κ2) is 8.99. The highest BCUT2D eigenvalue weighted by Gasteiger charge is 2.19. The van der Waals surface area contributed by atoms with E-state index in [0.29, 0.717) is 27.3 Å². The second-order valence-electron chi connectivity index (χ2n) is 5.53. The van der Waals surface area contributed by atoms with E-state index in [1.54, 1.807) is 19.1 Å². The Labute approximate surface area is 172 Å². The summed E-state index contributed by atoms with van der Waals surface area (Å²) in [5.41, 5.74) is 2.24. The largest absolute Gasteiger partial charge is 0.462 e. The zero-order valence-corrected chi connectivity index (χ0v) is 16.9. The van der Waals surface area contributed by atoms with Crippen molar-refractivity contribution in [3.63, 3.8) is 0 Å². The first kappa shape index (κ1) is 19.4. The standard InChI is InChI=1S/C20H17ClN2O2S2/c1-2-25-19(24)16-12-17(13-7-4-3-5-8-13)27-18(16)23-20(26)22-15-10-6-9-14(21)11-15/h3-12H,2H2,1H3,(H2,22,23,26). The number of nitrogens with one attached hydrogen (secondary N) is 2. The van der Waals surface area contributed by atoms with Crippen LogP contribution < -0.4 is 10.6 Å². The van der Waals surface area contributed by atoms with Crippen LogP contribution in [0.3, 0.4) is 0 Å². The van der Waals surface area contributed by atoms with Gasteiger partial charge in [0.2, 0.25) is 0 Å². The summed E-state index contributed by atoms with van der Waals surface area (Å²) < 4.78 is 5.18. The molecule has 0 bridgehead atoms. The van der Waals surface area contributed by atoms with Gasteiger partial charge in [-0.15, -0.1) is 11.3 Å². The predicted octanol–water partition coefficient (Wildman–Crippen LogP) is 6.05. The molecule has 1 heterocycles. The Balaban J connectivity index is 1.85. The Morgan fingerprint density at radius 1 is 1.11 bits per heavy atom. The average Bonchev–Trinajstić information content (AvgIpc) is 3.06. The van der Waals surface area contributed by atoms with Crippen LogP contribution in [0.4, 0.5) is 10.7 Å². The number of thiocarbonyl (C=S) groups is 1. The minimum absolute atomic E-state index is 0.306. The molecule has 3 rings (SSSR count). The monoisotopic (exact) mass is 416 g/mol. The lowest BCUT2D eigenvalue weighted by Crippen LogP contribution is -2.20.